The largest absolute Gasteiger partial charge is 0.484 e. The highest BCUT2D eigenvalue weighted by Gasteiger charge is 2.02. The van der Waals surface area contributed by atoms with Gasteiger partial charge in [-0.25, -0.2) is 0 Å². The van der Waals surface area contributed by atoms with E-state index in [2.05, 4.69) is 19.2 Å². The number of amides is 1. The van der Waals surface area contributed by atoms with Gasteiger partial charge in [0.1, 0.15) is 5.75 Å². The number of aryl methyl sites for hydroxylation is 1. The van der Waals surface area contributed by atoms with Crippen molar-refractivity contribution in [2.45, 2.75) is 33.1 Å². The molecule has 0 unspecified atom stereocenters. The van der Waals surface area contributed by atoms with Gasteiger partial charge in [-0.05, 0) is 30.5 Å². The summed E-state index contributed by atoms with van der Waals surface area (Å²) in [4.78, 5) is 11.4. The Morgan fingerprint density at radius 2 is 2.18 bits per heavy atom. The predicted molar refractivity (Wildman–Crippen MR) is 69.2 cm³/mol. The molecule has 0 radical (unpaired) electrons. The number of nitrogens with one attached hydrogen (secondary N) is 1. The van der Waals surface area contributed by atoms with Crippen molar-refractivity contribution in [2.24, 2.45) is 0 Å². The molecule has 0 aromatic heterocycles. The fourth-order valence-electron chi connectivity index (χ4n) is 1.46. The van der Waals surface area contributed by atoms with Crippen LogP contribution in [0.2, 0.25) is 0 Å². The van der Waals surface area contributed by atoms with Crippen LogP contribution in [-0.4, -0.2) is 19.1 Å². The fourth-order valence-corrected chi connectivity index (χ4v) is 1.46. The summed E-state index contributed by atoms with van der Waals surface area (Å²) in [7, 11) is 0. The zero-order valence-electron chi connectivity index (χ0n) is 10.7. The summed E-state index contributed by atoms with van der Waals surface area (Å²) >= 11 is 0. The molecular formula is C14H21NO2. The molecule has 0 spiro atoms. The number of unbranched alkanes of at least 4 members (excludes halogenated alkanes) is 1. The second kappa shape index (κ2) is 7.71. The second-order valence-electron chi connectivity index (χ2n) is 3.99. The summed E-state index contributed by atoms with van der Waals surface area (Å²) in [6.45, 7) is 5.01. The van der Waals surface area contributed by atoms with Crippen molar-refractivity contribution in [1.29, 1.82) is 0 Å². The Bertz CT molecular complexity index is 350. The van der Waals surface area contributed by atoms with Gasteiger partial charge in [-0.2, -0.15) is 0 Å². The average Bonchev–Trinajstić information content (AvgIpc) is 2.37. The van der Waals surface area contributed by atoms with Gasteiger partial charge in [0, 0.05) is 6.54 Å². The summed E-state index contributed by atoms with van der Waals surface area (Å²) in [5.41, 5.74) is 1.22. The molecule has 0 saturated heterocycles. The Labute approximate surface area is 103 Å². The summed E-state index contributed by atoms with van der Waals surface area (Å²) < 4.78 is 5.43. The molecule has 3 nitrogen and oxygen atoms in total. The van der Waals surface area contributed by atoms with E-state index in [9.17, 15) is 4.79 Å². The molecule has 1 aromatic rings. The molecule has 0 aliphatic heterocycles. The molecule has 0 saturated carbocycles. The monoisotopic (exact) mass is 235 g/mol. The first-order chi connectivity index (χ1) is 8.26. The first kappa shape index (κ1) is 13.6. The zero-order valence-corrected chi connectivity index (χ0v) is 10.7. The van der Waals surface area contributed by atoms with Crippen molar-refractivity contribution in [3.8, 4) is 5.75 Å². The Morgan fingerprint density at radius 1 is 1.35 bits per heavy atom. The van der Waals surface area contributed by atoms with Crippen molar-refractivity contribution < 1.29 is 9.53 Å². The maximum Gasteiger partial charge on any atom is 0.257 e. The molecule has 1 N–H and O–H groups in total. The molecule has 3 heteroatoms. The van der Waals surface area contributed by atoms with Crippen molar-refractivity contribution in [2.75, 3.05) is 13.2 Å². The van der Waals surface area contributed by atoms with E-state index in [0.29, 0.717) is 0 Å². The SMILES string of the molecule is CCCCNC(=O)COc1cccc(CC)c1. The number of rotatable bonds is 7. The van der Waals surface area contributed by atoms with Crippen LogP contribution in [-0.2, 0) is 11.2 Å². The van der Waals surface area contributed by atoms with Gasteiger partial charge in [-0.1, -0.05) is 32.4 Å². The highest BCUT2D eigenvalue weighted by Crippen LogP contribution is 2.13. The number of carbonyl (C=O) groups is 1. The molecular weight excluding hydrogens is 214 g/mol. The van der Waals surface area contributed by atoms with Crippen LogP contribution in [0.1, 0.15) is 32.3 Å². The minimum atomic E-state index is -0.0552. The molecule has 0 aliphatic rings. The summed E-state index contributed by atoms with van der Waals surface area (Å²) in [6, 6.07) is 7.84. The maximum atomic E-state index is 11.4. The lowest BCUT2D eigenvalue weighted by molar-refractivity contribution is -0.123. The molecule has 0 bridgehead atoms. The van der Waals surface area contributed by atoms with Gasteiger partial charge in [0.05, 0.1) is 0 Å². The van der Waals surface area contributed by atoms with Crippen molar-refractivity contribution >= 4 is 5.91 Å². The Kier molecular flexibility index (Phi) is 6.15. The van der Waals surface area contributed by atoms with E-state index < -0.39 is 0 Å². The lowest BCUT2D eigenvalue weighted by Gasteiger charge is -2.08. The van der Waals surface area contributed by atoms with E-state index in [1.54, 1.807) is 0 Å². The molecule has 94 valence electrons. The Hall–Kier alpha value is -1.51. The number of benzene rings is 1. The van der Waals surface area contributed by atoms with E-state index in [1.807, 2.05) is 24.3 Å². The van der Waals surface area contributed by atoms with Gasteiger partial charge in [0.25, 0.3) is 5.91 Å². The average molecular weight is 235 g/mol. The maximum absolute atomic E-state index is 11.4. The third kappa shape index (κ3) is 5.38. The van der Waals surface area contributed by atoms with Crippen LogP contribution in [0.3, 0.4) is 0 Å². The van der Waals surface area contributed by atoms with Gasteiger partial charge < -0.3 is 10.1 Å². The van der Waals surface area contributed by atoms with Gasteiger partial charge in [-0.3, -0.25) is 4.79 Å². The molecule has 0 heterocycles. The summed E-state index contributed by atoms with van der Waals surface area (Å²) in [6.07, 6.45) is 3.07. The standard InChI is InChI=1S/C14H21NO2/c1-3-5-9-15-14(16)11-17-13-8-6-7-12(4-2)10-13/h6-8,10H,3-5,9,11H2,1-2H3,(H,15,16). The zero-order chi connectivity index (χ0) is 12.5. The van der Waals surface area contributed by atoms with Crippen molar-refractivity contribution in [3.63, 3.8) is 0 Å². The van der Waals surface area contributed by atoms with Crippen molar-refractivity contribution in [3.05, 3.63) is 29.8 Å². The third-order valence-corrected chi connectivity index (χ3v) is 2.53. The number of ether oxygens (including phenoxy) is 1. The van der Waals surface area contributed by atoms with E-state index in [4.69, 9.17) is 4.74 Å². The van der Waals surface area contributed by atoms with Crippen LogP contribution in [0, 0.1) is 0 Å². The van der Waals surface area contributed by atoms with Gasteiger partial charge in [0.15, 0.2) is 6.61 Å². The van der Waals surface area contributed by atoms with E-state index in [0.717, 1.165) is 31.6 Å². The normalized spacial score (nSPS) is 10.0. The van der Waals surface area contributed by atoms with Gasteiger partial charge in [-0.15, -0.1) is 0 Å². The van der Waals surface area contributed by atoms with E-state index in [1.165, 1.54) is 5.56 Å². The van der Waals surface area contributed by atoms with Crippen LogP contribution in [0.5, 0.6) is 5.75 Å². The van der Waals surface area contributed by atoms with Crippen LogP contribution >= 0.6 is 0 Å². The molecule has 0 atom stereocenters. The van der Waals surface area contributed by atoms with Crippen LogP contribution in [0.15, 0.2) is 24.3 Å². The van der Waals surface area contributed by atoms with Crippen molar-refractivity contribution in [1.82, 2.24) is 5.32 Å². The number of hydrogen-bond acceptors (Lipinski definition) is 2. The number of hydrogen-bond donors (Lipinski definition) is 1. The predicted octanol–water partition coefficient (Wildman–Crippen LogP) is 2.54. The summed E-state index contributed by atoms with van der Waals surface area (Å²) in [5, 5.41) is 2.82. The minimum Gasteiger partial charge on any atom is -0.484 e. The first-order valence-corrected chi connectivity index (χ1v) is 6.24. The molecule has 0 fully saturated rings. The summed E-state index contributed by atoms with van der Waals surface area (Å²) in [5.74, 6) is 0.704. The molecule has 0 aliphatic carbocycles. The Balaban J connectivity index is 2.31. The molecule has 17 heavy (non-hydrogen) atoms. The molecule has 1 aromatic carbocycles. The Morgan fingerprint density at radius 3 is 2.88 bits per heavy atom. The molecule has 1 amide bonds. The minimum absolute atomic E-state index is 0.0552. The smallest absolute Gasteiger partial charge is 0.257 e. The van der Waals surface area contributed by atoms with Gasteiger partial charge >= 0.3 is 0 Å². The van der Waals surface area contributed by atoms with Crippen LogP contribution in [0.25, 0.3) is 0 Å². The third-order valence-electron chi connectivity index (χ3n) is 2.53. The highest BCUT2D eigenvalue weighted by atomic mass is 16.5. The molecule has 1 rings (SSSR count). The number of carbonyl (C=O) groups excluding carboxylic acids is 1. The van der Waals surface area contributed by atoms with Crippen LogP contribution < -0.4 is 10.1 Å². The topological polar surface area (TPSA) is 38.3 Å². The van der Waals surface area contributed by atoms with E-state index >= 15 is 0 Å². The highest BCUT2D eigenvalue weighted by molar-refractivity contribution is 5.77. The first-order valence-electron chi connectivity index (χ1n) is 6.24. The fraction of sp³-hybridized carbons (Fsp3) is 0.500. The quantitative estimate of drug-likeness (QED) is 0.738. The van der Waals surface area contributed by atoms with E-state index in [-0.39, 0.29) is 12.5 Å². The van der Waals surface area contributed by atoms with Gasteiger partial charge in [0.2, 0.25) is 0 Å². The second-order valence-corrected chi connectivity index (χ2v) is 3.99. The van der Waals surface area contributed by atoms with Crippen LogP contribution in [0.4, 0.5) is 0 Å². The lowest BCUT2D eigenvalue weighted by atomic mass is 10.2. The lowest BCUT2D eigenvalue weighted by Crippen LogP contribution is -2.29.